The summed E-state index contributed by atoms with van der Waals surface area (Å²) >= 11 is 5.97. The summed E-state index contributed by atoms with van der Waals surface area (Å²) in [5, 5.41) is 0.659. The van der Waals surface area contributed by atoms with E-state index in [1.54, 1.807) is 6.07 Å². The van der Waals surface area contributed by atoms with E-state index in [1.165, 1.54) is 7.11 Å². The topological polar surface area (TPSA) is 39.2 Å². The van der Waals surface area contributed by atoms with Crippen LogP contribution in [-0.4, -0.2) is 18.4 Å². The zero-order chi connectivity index (χ0) is 16.2. The van der Waals surface area contributed by atoms with Gasteiger partial charge in [0.25, 0.3) is 0 Å². The number of nitrogens with zero attached hydrogens (tertiary/aromatic N) is 1. The van der Waals surface area contributed by atoms with E-state index in [4.69, 9.17) is 16.3 Å². The Hall–Kier alpha value is -2.65. The third-order valence-corrected chi connectivity index (χ3v) is 3.79. The number of carbonyl (C=O) groups excluding carboxylic acids is 1. The third kappa shape index (κ3) is 3.10. The largest absolute Gasteiger partial charge is 0.480 e. The molecule has 0 N–H and O–H groups in total. The predicted molar refractivity (Wildman–Crippen MR) is 92.1 cm³/mol. The van der Waals surface area contributed by atoms with E-state index in [0.717, 1.165) is 28.7 Å². The zero-order valence-electron chi connectivity index (χ0n) is 12.5. The maximum atomic E-state index is 11.3. The molecular weight excluding hydrogens is 310 g/mol. The fourth-order valence-corrected chi connectivity index (χ4v) is 2.55. The number of ether oxygens (including phenoxy) is 1. The van der Waals surface area contributed by atoms with Crippen LogP contribution in [0, 0.1) is 0 Å². The smallest absolute Gasteiger partial charge is 0.224 e. The lowest BCUT2D eigenvalue weighted by molar-refractivity contribution is 0.112. The minimum atomic E-state index is 0.310. The van der Waals surface area contributed by atoms with Crippen molar-refractivity contribution in [2.75, 3.05) is 7.11 Å². The second kappa shape index (κ2) is 6.63. The van der Waals surface area contributed by atoms with Gasteiger partial charge >= 0.3 is 0 Å². The summed E-state index contributed by atoms with van der Waals surface area (Å²) in [6.45, 7) is 0. The van der Waals surface area contributed by atoms with Crippen LogP contribution in [0.4, 0.5) is 0 Å². The molecule has 3 nitrogen and oxygen atoms in total. The number of methoxy groups -OCH3 is 1. The molecule has 0 saturated heterocycles. The van der Waals surface area contributed by atoms with Gasteiger partial charge in [0.2, 0.25) is 5.88 Å². The van der Waals surface area contributed by atoms with Gasteiger partial charge in [0.05, 0.1) is 18.4 Å². The highest BCUT2D eigenvalue weighted by atomic mass is 35.5. The van der Waals surface area contributed by atoms with Crippen LogP contribution < -0.4 is 4.74 Å². The minimum Gasteiger partial charge on any atom is -0.480 e. The highest BCUT2D eigenvalue weighted by molar-refractivity contribution is 6.30. The maximum Gasteiger partial charge on any atom is 0.224 e. The van der Waals surface area contributed by atoms with E-state index in [9.17, 15) is 4.79 Å². The van der Waals surface area contributed by atoms with Crippen LogP contribution in [-0.2, 0) is 0 Å². The molecular formula is C19H14ClNO2. The summed E-state index contributed by atoms with van der Waals surface area (Å²) < 4.78 is 5.24. The van der Waals surface area contributed by atoms with E-state index in [2.05, 4.69) is 4.98 Å². The van der Waals surface area contributed by atoms with Crippen LogP contribution in [0.3, 0.4) is 0 Å². The second-order valence-corrected chi connectivity index (χ2v) is 5.41. The van der Waals surface area contributed by atoms with Crippen molar-refractivity contribution in [1.82, 2.24) is 4.98 Å². The molecule has 23 heavy (non-hydrogen) atoms. The molecule has 3 aromatic rings. The van der Waals surface area contributed by atoms with Crippen LogP contribution in [0.15, 0.2) is 60.7 Å². The highest BCUT2D eigenvalue weighted by Crippen LogP contribution is 2.34. The molecule has 0 aliphatic carbocycles. The number of carbonyl (C=O) groups is 1. The number of aldehydes is 1. The lowest BCUT2D eigenvalue weighted by Crippen LogP contribution is -1.99. The molecule has 0 aliphatic rings. The second-order valence-electron chi connectivity index (χ2n) is 4.97. The molecule has 0 bridgehead atoms. The summed E-state index contributed by atoms with van der Waals surface area (Å²) in [6.07, 6.45) is 0.754. The Labute approximate surface area is 139 Å². The fraction of sp³-hybridized carbons (Fsp3) is 0.0526. The van der Waals surface area contributed by atoms with Gasteiger partial charge in [0, 0.05) is 16.1 Å². The normalized spacial score (nSPS) is 10.3. The molecule has 0 fully saturated rings. The Bertz CT molecular complexity index is 830. The Morgan fingerprint density at radius 2 is 1.70 bits per heavy atom. The van der Waals surface area contributed by atoms with Gasteiger partial charge in [-0.25, -0.2) is 4.98 Å². The van der Waals surface area contributed by atoms with Crippen molar-refractivity contribution < 1.29 is 9.53 Å². The van der Waals surface area contributed by atoms with E-state index in [0.29, 0.717) is 16.5 Å². The first kappa shape index (κ1) is 15.3. The zero-order valence-corrected chi connectivity index (χ0v) is 13.2. The van der Waals surface area contributed by atoms with Gasteiger partial charge in [0.1, 0.15) is 0 Å². The average molecular weight is 324 g/mol. The molecule has 0 saturated carbocycles. The number of hydrogen-bond donors (Lipinski definition) is 0. The van der Waals surface area contributed by atoms with Crippen molar-refractivity contribution in [3.05, 3.63) is 71.2 Å². The molecule has 3 rings (SSSR count). The van der Waals surface area contributed by atoms with Crippen LogP contribution in [0.1, 0.15) is 10.4 Å². The molecule has 0 atom stereocenters. The summed E-state index contributed by atoms with van der Waals surface area (Å²) in [6, 6.07) is 19.0. The quantitative estimate of drug-likeness (QED) is 0.642. The molecule has 0 radical (unpaired) electrons. The molecule has 4 heteroatoms. The van der Waals surface area contributed by atoms with Crippen molar-refractivity contribution in [3.8, 4) is 28.3 Å². The van der Waals surface area contributed by atoms with Crippen LogP contribution in [0.2, 0.25) is 5.02 Å². The van der Waals surface area contributed by atoms with Gasteiger partial charge in [-0.3, -0.25) is 4.79 Å². The standard InChI is InChI=1S/C19H14ClNO2/c1-23-19-15(12-22)11-17(13-5-3-2-4-6-13)18(21-19)14-7-9-16(20)10-8-14/h2-12H,1H3. The van der Waals surface area contributed by atoms with Crippen LogP contribution >= 0.6 is 11.6 Å². The number of pyridine rings is 1. The molecule has 1 heterocycles. The van der Waals surface area contributed by atoms with Gasteiger partial charge in [-0.2, -0.15) is 0 Å². The van der Waals surface area contributed by atoms with E-state index in [-0.39, 0.29) is 0 Å². The Kier molecular flexibility index (Phi) is 4.40. The summed E-state index contributed by atoms with van der Waals surface area (Å²) in [5.41, 5.74) is 3.93. The van der Waals surface area contributed by atoms with Crippen molar-refractivity contribution in [2.24, 2.45) is 0 Å². The fourth-order valence-electron chi connectivity index (χ4n) is 2.43. The first-order chi connectivity index (χ1) is 11.2. The molecule has 2 aromatic carbocycles. The molecule has 0 spiro atoms. The van der Waals surface area contributed by atoms with Crippen molar-refractivity contribution in [3.63, 3.8) is 0 Å². The van der Waals surface area contributed by atoms with Gasteiger partial charge in [-0.15, -0.1) is 0 Å². The van der Waals surface area contributed by atoms with Gasteiger partial charge in [-0.05, 0) is 23.8 Å². The van der Waals surface area contributed by atoms with Crippen molar-refractivity contribution in [1.29, 1.82) is 0 Å². The molecule has 0 amide bonds. The summed E-state index contributed by atoms with van der Waals surface area (Å²) in [7, 11) is 1.50. The van der Waals surface area contributed by atoms with E-state index in [1.807, 2.05) is 54.6 Å². The lowest BCUT2D eigenvalue weighted by atomic mass is 9.98. The summed E-state index contributed by atoms with van der Waals surface area (Å²) in [4.78, 5) is 15.9. The average Bonchev–Trinajstić information content (AvgIpc) is 2.62. The number of hydrogen-bond acceptors (Lipinski definition) is 3. The SMILES string of the molecule is COc1nc(-c2ccc(Cl)cc2)c(-c2ccccc2)cc1C=O. The highest BCUT2D eigenvalue weighted by Gasteiger charge is 2.15. The monoisotopic (exact) mass is 323 g/mol. The lowest BCUT2D eigenvalue weighted by Gasteiger charge is -2.13. The predicted octanol–water partition coefficient (Wildman–Crippen LogP) is 4.89. The van der Waals surface area contributed by atoms with Crippen LogP contribution in [0.25, 0.3) is 22.4 Å². The van der Waals surface area contributed by atoms with Gasteiger partial charge in [0.15, 0.2) is 6.29 Å². The Morgan fingerprint density at radius 3 is 2.30 bits per heavy atom. The van der Waals surface area contributed by atoms with Gasteiger partial charge < -0.3 is 4.74 Å². The number of rotatable bonds is 4. The Morgan fingerprint density at radius 1 is 1.00 bits per heavy atom. The molecule has 0 unspecified atom stereocenters. The number of halogens is 1. The number of aromatic nitrogens is 1. The molecule has 114 valence electrons. The van der Waals surface area contributed by atoms with Crippen molar-refractivity contribution in [2.45, 2.75) is 0 Å². The van der Waals surface area contributed by atoms with Crippen LogP contribution in [0.5, 0.6) is 5.88 Å². The minimum absolute atomic E-state index is 0.310. The first-order valence-corrected chi connectivity index (χ1v) is 7.46. The third-order valence-electron chi connectivity index (χ3n) is 3.54. The van der Waals surface area contributed by atoms with Gasteiger partial charge in [-0.1, -0.05) is 54.1 Å². The maximum absolute atomic E-state index is 11.3. The molecule has 1 aromatic heterocycles. The van der Waals surface area contributed by atoms with E-state index < -0.39 is 0 Å². The number of benzene rings is 2. The van der Waals surface area contributed by atoms with E-state index >= 15 is 0 Å². The van der Waals surface area contributed by atoms with Crippen molar-refractivity contribution >= 4 is 17.9 Å². The first-order valence-electron chi connectivity index (χ1n) is 7.08. The molecule has 0 aliphatic heterocycles. The Balaban J connectivity index is 2.27. The summed E-state index contributed by atoms with van der Waals surface area (Å²) in [5.74, 6) is 0.310.